The maximum absolute atomic E-state index is 5.46. The fourth-order valence-corrected chi connectivity index (χ4v) is 2.99. The number of hydrogen-bond acceptors (Lipinski definition) is 5. The molecular formula is C19H27IN4O3. The Labute approximate surface area is 177 Å². The Bertz CT molecular complexity index is 772. The van der Waals surface area contributed by atoms with Gasteiger partial charge in [-0.2, -0.15) is 0 Å². The van der Waals surface area contributed by atoms with Gasteiger partial charge in [-0.15, -0.1) is 24.0 Å². The van der Waals surface area contributed by atoms with Crippen LogP contribution in [0.1, 0.15) is 29.5 Å². The molecule has 0 saturated carbocycles. The minimum absolute atomic E-state index is 0. The smallest absolute Gasteiger partial charge is 0.231 e. The molecule has 0 bridgehead atoms. The lowest BCUT2D eigenvalue weighted by molar-refractivity contribution is 0.174. The lowest BCUT2D eigenvalue weighted by Gasteiger charge is -2.22. The van der Waals surface area contributed by atoms with Gasteiger partial charge in [0.15, 0.2) is 17.5 Å². The molecule has 0 aliphatic carbocycles. The zero-order chi connectivity index (χ0) is 18.5. The summed E-state index contributed by atoms with van der Waals surface area (Å²) in [4.78, 5) is 6.85. The summed E-state index contributed by atoms with van der Waals surface area (Å²) in [7, 11) is 2.03. The van der Waals surface area contributed by atoms with E-state index in [1.807, 2.05) is 33.0 Å². The van der Waals surface area contributed by atoms with Crippen molar-refractivity contribution in [2.24, 2.45) is 4.99 Å². The van der Waals surface area contributed by atoms with Gasteiger partial charge < -0.3 is 24.2 Å². The van der Waals surface area contributed by atoms with E-state index in [0.717, 1.165) is 59.5 Å². The number of halogens is 1. The number of hydrogen-bond donors (Lipinski definition) is 1. The average molecular weight is 486 g/mol. The highest BCUT2D eigenvalue weighted by Crippen LogP contribution is 2.32. The van der Waals surface area contributed by atoms with E-state index in [-0.39, 0.29) is 24.0 Å². The average Bonchev–Trinajstić information content (AvgIpc) is 3.21. The Kier molecular flexibility index (Phi) is 7.76. The number of rotatable bonds is 6. The van der Waals surface area contributed by atoms with E-state index in [2.05, 4.69) is 28.4 Å². The van der Waals surface area contributed by atoms with Crippen molar-refractivity contribution in [3.8, 4) is 11.5 Å². The van der Waals surface area contributed by atoms with Crippen molar-refractivity contribution >= 4 is 29.9 Å². The molecular weight excluding hydrogens is 459 g/mol. The number of aliphatic imine (C=N–C) groups is 1. The van der Waals surface area contributed by atoms with E-state index in [9.17, 15) is 0 Å². The summed E-state index contributed by atoms with van der Waals surface area (Å²) < 4.78 is 16.0. The van der Waals surface area contributed by atoms with Crippen molar-refractivity contribution in [1.82, 2.24) is 15.4 Å². The molecule has 0 saturated heterocycles. The predicted octanol–water partition coefficient (Wildman–Crippen LogP) is 3.28. The zero-order valence-corrected chi connectivity index (χ0v) is 18.6. The number of aryl methyl sites for hydroxylation is 2. The molecule has 7 nitrogen and oxygen atoms in total. The topological polar surface area (TPSA) is 72.1 Å². The van der Waals surface area contributed by atoms with Crippen LogP contribution in [-0.4, -0.2) is 42.9 Å². The van der Waals surface area contributed by atoms with Crippen LogP contribution in [0, 0.1) is 13.8 Å². The number of fused-ring (bicyclic) bond motifs is 1. The molecule has 0 unspecified atom stereocenters. The Balaban J connectivity index is 0.00000261. The summed E-state index contributed by atoms with van der Waals surface area (Å²) in [6.45, 7) is 8.49. The van der Waals surface area contributed by atoms with Crippen molar-refractivity contribution in [3.05, 3.63) is 40.8 Å². The highest BCUT2D eigenvalue weighted by atomic mass is 127. The van der Waals surface area contributed by atoms with Crippen molar-refractivity contribution in [3.63, 3.8) is 0 Å². The molecule has 27 heavy (non-hydrogen) atoms. The fourth-order valence-electron chi connectivity index (χ4n) is 2.99. The van der Waals surface area contributed by atoms with Crippen molar-refractivity contribution in [2.75, 3.05) is 26.9 Å². The quantitative estimate of drug-likeness (QED) is 0.384. The number of guanidine groups is 1. The lowest BCUT2D eigenvalue weighted by atomic mass is 10.1. The molecule has 8 heteroatoms. The van der Waals surface area contributed by atoms with Crippen LogP contribution in [0.25, 0.3) is 0 Å². The molecule has 0 amide bonds. The molecule has 148 valence electrons. The number of ether oxygens (including phenoxy) is 2. The normalized spacial score (nSPS) is 12.7. The molecule has 2 aromatic rings. The van der Waals surface area contributed by atoms with Gasteiger partial charge in [-0.1, -0.05) is 11.2 Å². The summed E-state index contributed by atoms with van der Waals surface area (Å²) in [6, 6.07) is 6.02. The van der Waals surface area contributed by atoms with Gasteiger partial charge in [0, 0.05) is 32.2 Å². The SMILES string of the molecule is CCNC(=NCCc1c(C)noc1C)N(C)Cc1ccc2c(c1)OCO2.I. The standard InChI is InChI=1S/C19H26N4O3.HI/c1-5-20-19(21-9-8-16-13(2)22-26-14(16)3)23(4)11-15-6-7-17-18(10-15)25-12-24-17;/h6-7,10H,5,8-9,11-12H2,1-4H3,(H,20,21);1H. The molecule has 0 atom stereocenters. The molecule has 1 aromatic heterocycles. The summed E-state index contributed by atoms with van der Waals surface area (Å²) in [5.41, 5.74) is 3.23. The van der Waals surface area contributed by atoms with E-state index in [0.29, 0.717) is 13.3 Å². The van der Waals surface area contributed by atoms with E-state index in [1.165, 1.54) is 0 Å². The Morgan fingerprint density at radius 3 is 2.74 bits per heavy atom. The van der Waals surface area contributed by atoms with Crippen LogP contribution in [0.5, 0.6) is 11.5 Å². The van der Waals surface area contributed by atoms with Crippen LogP contribution in [0.15, 0.2) is 27.7 Å². The summed E-state index contributed by atoms with van der Waals surface area (Å²) >= 11 is 0. The molecule has 0 radical (unpaired) electrons. The number of nitrogens with one attached hydrogen (secondary N) is 1. The van der Waals surface area contributed by atoms with Gasteiger partial charge in [0.2, 0.25) is 6.79 Å². The first-order valence-corrected chi connectivity index (χ1v) is 8.88. The molecule has 2 heterocycles. The first-order valence-electron chi connectivity index (χ1n) is 8.88. The van der Waals surface area contributed by atoms with E-state index < -0.39 is 0 Å². The summed E-state index contributed by atoms with van der Waals surface area (Å²) in [5, 5.41) is 7.34. The third kappa shape index (κ3) is 5.27. The summed E-state index contributed by atoms with van der Waals surface area (Å²) in [5.74, 6) is 3.35. The summed E-state index contributed by atoms with van der Waals surface area (Å²) in [6.07, 6.45) is 0.813. The van der Waals surface area contributed by atoms with Crippen LogP contribution in [0.2, 0.25) is 0 Å². The van der Waals surface area contributed by atoms with Gasteiger partial charge in [0.25, 0.3) is 0 Å². The lowest BCUT2D eigenvalue weighted by Crippen LogP contribution is -2.38. The third-order valence-electron chi connectivity index (χ3n) is 4.36. The first-order chi connectivity index (χ1) is 12.6. The minimum atomic E-state index is 0. The Morgan fingerprint density at radius 1 is 1.26 bits per heavy atom. The highest BCUT2D eigenvalue weighted by molar-refractivity contribution is 14.0. The zero-order valence-electron chi connectivity index (χ0n) is 16.2. The van der Waals surface area contributed by atoms with Crippen molar-refractivity contribution in [1.29, 1.82) is 0 Å². The van der Waals surface area contributed by atoms with Crippen LogP contribution in [0.3, 0.4) is 0 Å². The second-order valence-corrected chi connectivity index (χ2v) is 6.33. The van der Waals surface area contributed by atoms with Crippen molar-refractivity contribution < 1.29 is 14.0 Å². The Hall–Kier alpha value is -1.97. The first kappa shape index (κ1) is 21.3. The molecule has 0 fully saturated rings. The third-order valence-corrected chi connectivity index (χ3v) is 4.36. The molecule has 1 aromatic carbocycles. The molecule has 1 aliphatic heterocycles. The Morgan fingerprint density at radius 2 is 2.04 bits per heavy atom. The predicted molar refractivity (Wildman–Crippen MR) is 115 cm³/mol. The maximum Gasteiger partial charge on any atom is 0.231 e. The van der Waals surface area contributed by atoms with Crippen LogP contribution >= 0.6 is 24.0 Å². The maximum atomic E-state index is 5.46. The number of nitrogens with zero attached hydrogens (tertiary/aromatic N) is 3. The van der Waals surface area contributed by atoms with E-state index in [4.69, 9.17) is 19.0 Å². The van der Waals surface area contributed by atoms with Gasteiger partial charge in [0.05, 0.1) is 5.69 Å². The van der Waals surface area contributed by atoms with Crippen LogP contribution < -0.4 is 14.8 Å². The van der Waals surface area contributed by atoms with E-state index in [1.54, 1.807) is 0 Å². The van der Waals surface area contributed by atoms with Crippen LogP contribution in [-0.2, 0) is 13.0 Å². The van der Waals surface area contributed by atoms with Gasteiger partial charge in [-0.25, -0.2) is 0 Å². The monoisotopic (exact) mass is 486 g/mol. The highest BCUT2D eigenvalue weighted by Gasteiger charge is 2.15. The largest absolute Gasteiger partial charge is 0.454 e. The fraction of sp³-hybridized carbons (Fsp3) is 0.474. The molecule has 1 aliphatic rings. The molecule has 3 rings (SSSR count). The minimum Gasteiger partial charge on any atom is -0.454 e. The van der Waals surface area contributed by atoms with Gasteiger partial charge >= 0.3 is 0 Å². The van der Waals surface area contributed by atoms with Crippen LogP contribution in [0.4, 0.5) is 0 Å². The van der Waals surface area contributed by atoms with Crippen molar-refractivity contribution in [2.45, 2.75) is 33.7 Å². The molecule has 1 N–H and O–H groups in total. The van der Waals surface area contributed by atoms with E-state index >= 15 is 0 Å². The van der Waals surface area contributed by atoms with Gasteiger partial charge in [-0.05, 0) is 44.9 Å². The van der Waals surface area contributed by atoms with Gasteiger partial charge in [0.1, 0.15) is 5.76 Å². The second kappa shape index (κ2) is 9.82. The number of benzene rings is 1. The van der Waals surface area contributed by atoms with Gasteiger partial charge in [-0.3, -0.25) is 4.99 Å². The number of aromatic nitrogens is 1. The second-order valence-electron chi connectivity index (χ2n) is 6.33. The molecule has 0 spiro atoms.